The zero-order valence-corrected chi connectivity index (χ0v) is 34.0. The quantitative estimate of drug-likeness (QED) is 0.0682. The third-order valence-electron chi connectivity index (χ3n) is 9.85. The summed E-state index contributed by atoms with van der Waals surface area (Å²) in [7, 11) is 2.46. The molecule has 0 aliphatic rings. The van der Waals surface area contributed by atoms with Gasteiger partial charge in [0.1, 0.15) is 17.5 Å². The van der Waals surface area contributed by atoms with Gasteiger partial charge in [-0.15, -0.1) is 0 Å². The van der Waals surface area contributed by atoms with Crippen LogP contribution >= 0.6 is 0 Å². The molecule has 0 fully saturated rings. The van der Waals surface area contributed by atoms with E-state index in [-0.39, 0.29) is 30.1 Å². The van der Waals surface area contributed by atoms with Crippen LogP contribution in [-0.2, 0) is 38.3 Å². The van der Waals surface area contributed by atoms with E-state index in [0.717, 1.165) is 22.8 Å². The molecule has 1 unspecified atom stereocenters. The van der Waals surface area contributed by atoms with Crippen LogP contribution in [0.4, 0.5) is 18.9 Å². The number of esters is 1. The number of halogens is 3. The number of hydrogen-bond acceptors (Lipinski definition) is 10. The summed E-state index contributed by atoms with van der Waals surface area (Å²) in [6.07, 6.45) is -6.61. The average molecular weight is 836 g/mol. The number of amides is 2. The number of aryl methyl sites for hydroxylation is 1. The Morgan fingerprint density at radius 2 is 1.41 bits per heavy atom. The summed E-state index contributed by atoms with van der Waals surface area (Å²) < 4.78 is 56.4. The predicted molar refractivity (Wildman–Crippen MR) is 222 cm³/mol. The fourth-order valence-corrected chi connectivity index (χ4v) is 6.54. The van der Waals surface area contributed by atoms with Gasteiger partial charge < -0.3 is 29.7 Å². The second kappa shape index (κ2) is 18.6. The Morgan fingerprint density at radius 1 is 0.803 bits per heavy atom. The van der Waals surface area contributed by atoms with Crippen LogP contribution in [0.25, 0.3) is 34.0 Å². The lowest BCUT2D eigenvalue weighted by Crippen LogP contribution is -2.53. The fraction of sp³-hybridized carbons (Fsp3) is 0.239. The molecule has 0 aliphatic heterocycles. The van der Waals surface area contributed by atoms with E-state index in [0.29, 0.717) is 28.4 Å². The molecule has 1 atom stereocenters. The fourth-order valence-electron chi connectivity index (χ4n) is 6.54. The topological polar surface area (TPSA) is 156 Å². The minimum absolute atomic E-state index is 0.0103. The molecule has 0 spiro atoms. The van der Waals surface area contributed by atoms with E-state index in [2.05, 4.69) is 45.0 Å². The number of alkyl halides is 3. The molecule has 6 rings (SSSR count). The van der Waals surface area contributed by atoms with Crippen LogP contribution in [0.2, 0.25) is 0 Å². The van der Waals surface area contributed by atoms with Crippen LogP contribution in [0.1, 0.15) is 47.9 Å². The highest BCUT2D eigenvalue weighted by Gasteiger charge is 2.35. The van der Waals surface area contributed by atoms with Gasteiger partial charge in [0.05, 0.1) is 32.7 Å². The number of hydrogen-bond donors (Lipinski definition) is 3. The number of ether oxygens (including phenoxy) is 2. The summed E-state index contributed by atoms with van der Waals surface area (Å²) in [6, 6.07) is 32.6. The number of anilines is 1. The molecule has 12 nitrogen and oxygen atoms in total. The molecule has 15 heteroatoms. The maximum atomic E-state index is 13.7. The Bertz CT molecular complexity index is 2470. The number of methoxy groups -OCH3 is 2. The van der Waals surface area contributed by atoms with Crippen molar-refractivity contribution in [2.24, 2.45) is 0 Å². The van der Waals surface area contributed by atoms with E-state index < -0.39 is 47.7 Å². The molecule has 0 aliphatic carbocycles. The van der Waals surface area contributed by atoms with E-state index in [1.807, 2.05) is 31.2 Å². The van der Waals surface area contributed by atoms with Gasteiger partial charge in [-0.1, -0.05) is 89.6 Å². The van der Waals surface area contributed by atoms with Gasteiger partial charge in [-0.05, 0) is 85.0 Å². The number of aromatic nitrogens is 2. The molecule has 1 heterocycles. The van der Waals surface area contributed by atoms with Crippen molar-refractivity contribution in [3.63, 3.8) is 0 Å². The molecule has 0 saturated carbocycles. The van der Waals surface area contributed by atoms with Gasteiger partial charge >= 0.3 is 12.1 Å². The third-order valence-corrected chi connectivity index (χ3v) is 9.85. The van der Waals surface area contributed by atoms with Gasteiger partial charge in [0.2, 0.25) is 17.6 Å². The van der Waals surface area contributed by atoms with Crippen molar-refractivity contribution in [1.29, 1.82) is 0 Å². The van der Waals surface area contributed by atoms with Gasteiger partial charge in [0.15, 0.2) is 0 Å². The number of carbonyl (C=O) groups is 3. The van der Waals surface area contributed by atoms with Gasteiger partial charge in [-0.25, -0.2) is 4.79 Å². The maximum absolute atomic E-state index is 13.7. The summed E-state index contributed by atoms with van der Waals surface area (Å²) in [5.74, 6) is -1.20. The molecule has 3 N–H and O–H groups in total. The molecular weight excluding hydrogens is 792 g/mol. The first-order valence-corrected chi connectivity index (χ1v) is 19.1. The Morgan fingerprint density at radius 3 is 2.02 bits per heavy atom. The van der Waals surface area contributed by atoms with E-state index in [1.165, 1.54) is 74.9 Å². The van der Waals surface area contributed by atoms with Crippen LogP contribution < -0.4 is 15.4 Å². The van der Waals surface area contributed by atoms with Crippen LogP contribution in [-0.4, -0.2) is 64.2 Å². The summed E-state index contributed by atoms with van der Waals surface area (Å²) in [6.45, 7) is 4.75. The van der Waals surface area contributed by atoms with Crippen molar-refractivity contribution < 1.29 is 46.7 Å². The minimum atomic E-state index is -4.70. The van der Waals surface area contributed by atoms with Crippen molar-refractivity contribution in [3.8, 4) is 39.7 Å². The number of benzene rings is 5. The first-order valence-electron chi connectivity index (χ1n) is 19.1. The molecule has 5 aromatic carbocycles. The number of aliphatic hydroxyl groups excluding tert-OH is 1. The van der Waals surface area contributed by atoms with E-state index in [9.17, 15) is 32.7 Å². The van der Waals surface area contributed by atoms with Gasteiger partial charge in [-0.3, -0.25) is 14.5 Å². The number of carbonyl (C=O) groups excluding carboxylic acids is 3. The monoisotopic (exact) mass is 835 g/mol. The van der Waals surface area contributed by atoms with Gasteiger partial charge in [0, 0.05) is 23.4 Å². The summed E-state index contributed by atoms with van der Waals surface area (Å²) >= 11 is 0. The molecule has 6 aromatic rings. The Balaban J connectivity index is 1.15. The van der Waals surface area contributed by atoms with Crippen LogP contribution in [0.5, 0.6) is 5.75 Å². The lowest BCUT2D eigenvalue weighted by Gasteiger charge is -2.30. The van der Waals surface area contributed by atoms with Crippen molar-refractivity contribution >= 4 is 23.5 Å². The molecule has 0 bridgehead atoms. The lowest BCUT2D eigenvalue weighted by atomic mass is 10.0. The van der Waals surface area contributed by atoms with E-state index in [1.54, 1.807) is 24.3 Å². The molecule has 2 amide bonds. The maximum Gasteiger partial charge on any atom is 0.416 e. The number of aliphatic hydroxyl groups is 1. The van der Waals surface area contributed by atoms with E-state index in [4.69, 9.17) is 14.0 Å². The van der Waals surface area contributed by atoms with Crippen LogP contribution in [0.3, 0.4) is 0 Å². The molecular formula is C46H44F3N5O7. The van der Waals surface area contributed by atoms with Crippen molar-refractivity contribution in [3.05, 3.63) is 143 Å². The Kier molecular flexibility index (Phi) is 13.3. The molecule has 61 heavy (non-hydrogen) atoms. The first-order chi connectivity index (χ1) is 29.0. The molecule has 0 saturated heterocycles. The number of rotatable bonds is 15. The predicted octanol–water partition coefficient (Wildman–Crippen LogP) is 8.15. The second-order valence-corrected chi connectivity index (χ2v) is 14.9. The smallest absolute Gasteiger partial charge is 0.416 e. The standard InChI is InChI=1S/C46H44F3N5O7/c1-28-6-10-30(11-7-28)31-14-16-33(17-15-31)42-51-41(53-61-42)32-12-8-29(9-13-32)26-54(27-40(56)52-45(2,3)44(58)60-5)43(57)34-18-21-36(22-19-34)50-39(55)24-35-20-23-37(59-4)25-38(35)46(47,48)49/h6-23,25,43,57H,24,26-27H2,1-5H3,(H,50,55)(H,52,56). The largest absolute Gasteiger partial charge is 0.497 e. The summed E-state index contributed by atoms with van der Waals surface area (Å²) in [5, 5.41) is 21.0. The number of nitrogens with one attached hydrogen (secondary N) is 2. The zero-order valence-electron chi connectivity index (χ0n) is 34.0. The first kappa shape index (κ1) is 43.7. The normalized spacial score (nSPS) is 12.2. The Hall–Kier alpha value is -6.84. The highest BCUT2D eigenvalue weighted by Crippen LogP contribution is 2.35. The zero-order chi connectivity index (χ0) is 43.9. The van der Waals surface area contributed by atoms with Crippen molar-refractivity contribution in [2.45, 2.75) is 51.7 Å². The Labute approximate surface area is 350 Å². The van der Waals surface area contributed by atoms with Crippen LogP contribution in [0.15, 0.2) is 120 Å². The molecule has 1 aromatic heterocycles. The average Bonchev–Trinajstić information content (AvgIpc) is 3.74. The van der Waals surface area contributed by atoms with Crippen LogP contribution in [0, 0.1) is 6.92 Å². The number of nitrogens with zero attached hydrogens (tertiary/aromatic N) is 3. The highest BCUT2D eigenvalue weighted by molar-refractivity contribution is 5.92. The van der Waals surface area contributed by atoms with Crippen molar-refractivity contribution in [2.75, 3.05) is 26.1 Å². The minimum Gasteiger partial charge on any atom is -0.497 e. The van der Waals surface area contributed by atoms with Crippen molar-refractivity contribution in [1.82, 2.24) is 20.4 Å². The molecule has 0 radical (unpaired) electrons. The van der Waals surface area contributed by atoms with E-state index >= 15 is 0 Å². The highest BCUT2D eigenvalue weighted by atomic mass is 19.4. The second-order valence-electron chi connectivity index (χ2n) is 14.9. The SMILES string of the molecule is COC(=O)C(C)(C)NC(=O)CN(Cc1ccc(-c2noc(-c3ccc(-c4ccc(C)cc4)cc3)n2)cc1)C(O)c1ccc(NC(=O)Cc2ccc(OC)cc2C(F)(F)F)cc1. The third kappa shape index (κ3) is 11.1. The lowest BCUT2D eigenvalue weighted by molar-refractivity contribution is -0.149. The van der Waals surface area contributed by atoms with Gasteiger partial charge in [0.25, 0.3) is 5.89 Å². The summed E-state index contributed by atoms with van der Waals surface area (Å²) in [4.78, 5) is 44.5. The van der Waals surface area contributed by atoms with Gasteiger partial charge in [-0.2, -0.15) is 18.2 Å². The molecule has 316 valence electrons. The summed E-state index contributed by atoms with van der Waals surface area (Å²) in [5.41, 5.74) is 3.51.